The van der Waals surface area contributed by atoms with Crippen LogP contribution >= 0.6 is 11.3 Å². The van der Waals surface area contributed by atoms with Gasteiger partial charge in [0.05, 0.1) is 17.4 Å². The van der Waals surface area contributed by atoms with Crippen LogP contribution in [0.1, 0.15) is 36.9 Å². The molecule has 6 nitrogen and oxygen atoms in total. The lowest BCUT2D eigenvalue weighted by Crippen LogP contribution is -2.58. The van der Waals surface area contributed by atoms with E-state index in [9.17, 15) is 0 Å². The van der Waals surface area contributed by atoms with Crippen LogP contribution in [0.2, 0.25) is 0 Å². The summed E-state index contributed by atoms with van der Waals surface area (Å²) < 4.78 is 2.14. The van der Waals surface area contributed by atoms with Crippen molar-refractivity contribution >= 4 is 27.4 Å². The summed E-state index contributed by atoms with van der Waals surface area (Å²) in [6, 6.07) is 2.71. The quantitative estimate of drug-likeness (QED) is 0.693. The van der Waals surface area contributed by atoms with Gasteiger partial charge in [-0.2, -0.15) is 0 Å². The molecule has 0 bridgehead atoms. The number of likely N-dealkylation sites (tertiary alicyclic amines) is 1. The monoisotopic (exact) mass is 382 g/mol. The van der Waals surface area contributed by atoms with Gasteiger partial charge in [-0.25, -0.2) is 15.0 Å². The van der Waals surface area contributed by atoms with E-state index in [0.29, 0.717) is 11.5 Å². The number of thiophene rings is 1. The lowest BCUT2D eigenvalue weighted by atomic mass is 9.78. The molecule has 0 aromatic carbocycles. The van der Waals surface area contributed by atoms with Gasteiger partial charge < -0.3 is 9.47 Å². The molecule has 5 heterocycles. The summed E-state index contributed by atoms with van der Waals surface area (Å²) in [5.41, 5.74) is 1.70. The molecule has 2 saturated heterocycles. The average Bonchev–Trinajstić information content (AvgIpc) is 3.36. The van der Waals surface area contributed by atoms with Crippen LogP contribution in [-0.4, -0.2) is 50.6 Å². The Morgan fingerprint density at radius 1 is 1.26 bits per heavy atom. The zero-order valence-electron chi connectivity index (χ0n) is 16.2. The molecule has 1 spiro atoms. The first-order chi connectivity index (χ1) is 13.1. The molecule has 0 aliphatic carbocycles. The van der Waals surface area contributed by atoms with Crippen molar-refractivity contribution in [3.05, 3.63) is 35.5 Å². The van der Waals surface area contributed by atoms with Crippen molar-refractivity contribution in [2.45, 2.75) is 32.7 Å². The summed E-state index contributed by atoms with van der Waals surface area (Å²) in [6.07, 6.45) is 7.93. The molecule has 0 N–H and O–H groups in total. The predicted molar refractivity (Wildman–Crippen MR) is 109 cm³/mol. The average molecular weight is 383 g/mol. The fraction of sp³-hybridized carbons (Fsp3) is 0.550. The highest BCUT2D eigenvalue weighted by Gasteiger charge is 2.49. The van der Waals surface area contributed by atoms with Crippen molar-refractivity contribution in [2.75, 3.05) is 31.1 Å². The number of fused-ring (bicyclic) bond motifs is 1. The SMILES string of the molecule is CCc1cc2c(N3CCC4(C3)CN(C(C)c3cncn3C)C4)ncnc2s1. The van der Waals surface area contributed by atoms with Crippen molar-refractivity contribution in [3.8, 4) is 0 Å². The van der Waals surface area contributed by atoms with E-state index in [1.807, 2.05) is 12.5 Å². The largest absolute Gasteiger partial charge is 0.355 e. The highest BCUT2D eigenvalue weighted by Crippen LogP contribution is 2.45. The van der Waals surface area contributed by atoms with E-state index in [1.165, 1.54) is 22.4 Å². The summed E-state index contributed by atoms with van der Waals surface area (Å²) in [5, 5.41) is 1.23. The molecule has 3 aromatic rings. The topological polar surface area (TPSA) is 50.1 Å². The van der Waals surface area contributed by atoms with E-state index in [4.69, 9.17) is 0 Å². The number of anilines is 1. The fourth-order valence-electron chi connectivity index (χ4n) is 4.74. The second-order valence-corrected chi connectivity index (χ2v) is 9.28. The minimum atomic E-state index is 0.410. The van der Waals surface area contributed by atoms with E-state index in [2.05, 4.69) is 56.3 Å². The Balaban J connectivity index is 1.32. The van der Waals surface area contributed by atoms with Crippen LogP contribution in [-0.2, 0) is 13.5 Å². The molecule has 3 aromatic heterocycles. The van der Waals surface area contributed by atoms with Gasteiger partial charge in [0, 0.05) is 55.8 Å². The van der Waals surface area contributed by atoms with Gasteiger partial charge in [0.2, 0.25) is 0 Å². The number of imidazole rings is 1. The minimum absolute atomic E-state index is 0.410. The second-order valence-electron chi connectivity index (χ2n) is 8.16. The second kappa shape index (κ2) is 6.27. The molecule has 27 heavy (non-hydrogen) atoms. The highest BCUT2D eigenvalue weighted by atomic mass is 32.1. The van der Waals surface area contributed by atoms with Gasteiger partial charge in [-0.05, 0) is 25.8 Å². The van der Waals surface area contributed by atoms with Crippen LogP contribution < -0.4 is 4.90 Å². The third-order valence-electron chi connectivity index (χ3n) is 6.35. The van der Waals surface area contributed by atoms with Crippen LogP contribution in [0.25, 0.3) is 10.2 Å². The smallest absolute Gasteiger partial charge is 0.140 e. The third-order valence-corrected chi connectivity index (χ3v) is 7.54. The standard InChI is InChI=1S/C20H26N6S/c1-4-15-7-16-18(22-12-23-19(16)27-15)25-6-5-20(9-25)10-26(11-20)14(2)17-8-21-13-24(17)3/h7-8,12-14H,4-6,9-11H2,1-3H3. The zero-order valence-corrected chi connectivity index (χ0v) is 17.0. The first-order valence-electron chi connectivity index (χ1n) is 9.77. The van der Waals surface area contributed by atoms with Gasteiger partial charge in [0.15, 0.2) is 0 Å². The molecule has 2 aliphatic rings. The van der Waals surface area contributed by atoms with E-state index >= 15 is 0 Å². The van der Waals surface area contributed by atoms with Crippen LogP contribution in [0.5, 0.6) is 0 Å². The first-order valence-corrected chi connectivity index (χ1v) is 10.6. The molecular weight excluding hydrogens is 356 g/mol. The van der Waals surface area contributed by atoms with Crippen LogP contribution in [0, 0.1) is 5.41 Å². The molecule has 0 amide bonds. The van der Waals surface area contributed by atoms with Gasteiger partial charge in [-0.15, -0.1) is 11.3 Å². The van der Waals surface area contributed by atoms with Crippen molar-refractivity contribution in [1.82, 2.24) is 24.4 Å². The number of aromatic nitrogens is 4. The minimum Gasteiger partial charge on any atom is -0.355 e. The molecular formula is C20H26N6S. The Bertz CT molecular complexity index is 970. The Labute approximate surface area is 163 Å². The Morgan fingerprint density at radius 2 is 2.11 bits per heavy atom. The van der Waals surface area contributed by atoms with Gasteiger partial charge in [-0.1, -0.05) is 6.92 Å². The highest BCUT2D eigenvalue weighted by molar-refractivity contribution is 7.18. The summed E-state index contributed by atoms with van der Waals surface area (Å²) in [5.74, 6) is 1.13. The zero-order chi connectivity index (χ0) is 18.6. The van der Waals surface area contributed by atoms with Gasteiger partial charge in [0.1, 0.15) is 17.0 Å². The molecule has 0 saturated carbocycles. The maximum Gasteiger partial charge on any atom is 0.140 e. The summed E-state index contributed by atoms with van der Waals surface area (Å²) in [4.78, 5) is 21.0. The predicted octanol–water partition coefficient (Wildman–Crippen LogP) is 3.26. The molecule has 1 atom stereocenters. The summed E-state index contributed by atoms with van der Waals surface area (Å²) >= 11 is 1.80. The Morgan fingerprint density at radius 3 is 2.85 bits per heavy atom. The molecule has 0 radical (unpaired) electrons. The van der Waals surface area contributed by atoms with Gasteiger partial charge >= 0.3 is 0 Å². The van der Waals surface area contributed by atoms with Gasteiger partial charge in [0.25, 0.3) is 0 Å². The Hall–Kier alpha value is -1.99. The van der Waals surface area contributed by atoms with Crippen LogP contribution in [0.15, 0.2) is 24.9 Å². The molecule has 2 aliphatic heterocycles. The fourth-order valence-corrected chi connectivity index (χ4v) is 5.67. The number of nitrogens with zero attached hydrogens (tertiary/aromatic N) is 6. The lowest BCUT2D eigenvalue weighted by molar-refractivity contribution is -0.0139. The first kappa shape index (κ1) is 17.1. The molecule has 142 valence electrons. The molecule has 1 unspecified atom stereocenters. The van der Waals surface area contributed by atoms with E-state index < -0.39 is 0 Å². The van der Waals surface area contributed by atoms with Crippen molar-refractivity contribution in [3.63, 3.8) is 0 Å². The number of hydrogen-bond donors (Lipinski definition) is 0. The van der Waals surface area contributed by atoms with E-state index in [1.54, 1.807) is 17.7 Å². The summed E-state index contributed by atoms with van der Waals surface area (Å²) in [7, 11) is 2.08. The number of aryl methyl sites for hydroxylation is 2. The number of hydrogen-bond acceptors (Lipinski definition) is 6. The Kier molecular flexibility index (Phi) is 3.98. The molecule has 5 rings (SSSR count). The van der Waals surface area contributed by atoms with E-state index in [0.717, 1.165) is 43.2 Å². The maximum atomic E-state index is 4.66. The lowest BCUT2D eigenvalue weighted by Gasteiger charge is -2.50. The van der Waals surface area contributed by atoms with Crippen LogP contribution in [0.3, 0.4) is 0 Å². The van der Waals surface area contributed by atoms with E-state index in [-0.39, 0.29) is 0 Å². The molecule has 2 fully saturated rings. The third kappa shape index (κ3) is 2.75. The van der Waals surface area contributed by atoms with Crippen molar-refractivity contribution in [2.24, 2.45) is 12.5 Å². The maximum absolute atomic E-state index is 4.66. The van der Waals surface area contributed by atoms with Gasteiger partial charge in [-0.3, -0.25) is 4.90 Å². The summed E-state index contributed by atoms with van der Waals surface area (Å²) in [6.45, 7) is 9.02. The van der Waals surface area contributed by atoms with Crippen molar-refractivity contribution < 1.29 is 0 Å². The molecule has 7 heteroatoms. The number of rotatable bonds is 4. The van der Waals surface area contributed by atoms with Crippen molar-refractivity contribution in [1.29, 1.82) is 0 Å². The van der Waals surface area contributed by atoms with Crippen LogP contribution in [0.4, 0.5) is 5.82 Å². The normalized spacial score (nSPS) is 20.5.